The highest BCUT2D eigenvalue weighted by atomic mass is 16.5. The summed E-state index contributed by atoms with van der Waals surface area (Å²) in [5, 5.41) is 2.94. The second-order valence-electron chi connectivity index (χ2n) is 6.04. The molecule has 0 aliphatic rings. The first kappa shape index (κ1) is 17.6. The second kappa shape index (κ2) is 8.25. The maximum Gasteiger partial charge on any atom is 0.240 e. The van der Waals surface area contributed by atoms with E-state index in [0.717, 1.165) is 17.2 Å². The number of nitrogens with one attached hydrogen (secondary N) is 1. The molecule has 1 amide bonds. The lowest BCUT2D eigenvalue weighted by atomic mass is 10.2. The van der Waals surface area contributed by atoms with E-state index in [1.807, 2.05) is 79.5 Å². The fourth-order valence-electron chi connectivity index (χ4n) is 2.67. The van der Waals surface area contributed by atoms with E-state index in [0.29, 0.717) is 5.75 Å². The molecule has 0 saturated heterocycles. The number of furan rings is 1. The van der Waals surface area contributed by atoms with Crippen LogP contribution in [-0.4, -0.2) is 19.5 Å². The van der Waals surface area contributed by atoms with Crippen LogP contribution in [0.25, 0.3) is 0 Å². The lowest BCUT2D eigenvalue weighted by Crippen LogP contribution is -2.36. The van der Waals surface area contributed by atoms with E-state index < -0.39 is 0 Å². The summed E-state index contributed by atoms with van der Waals surface area (Å²) in [6.07, 6.45) is 1.60. The van der Waals surface area contributed by atoms with Gasteiger partial charge in [-0.25, -0.2) is 0 Å². The molecule has 2 aromatic carbocycles. The number of para-hydroxylation sites is 3. The lowest BCUT2D eigenvalue weighted by Gasteiger charge is -2.22. The van der Waals surface area contributed by atoms with Crippen LogP contribution in [0, 0.1) is 0 Å². The summed E-state index contributed by atoms with van der Waals surface area (Å²) in [5.41, 5.74) is 0.845. The van der Waals surface area contributed by atoms with Crippen LogP contribution in [0.4, 0.5) is 5.69 Å². The minimum Gasteiger partial charge on any atom is -0.467 e. The molecule has 3 rings (SSSR count). The van der Waals surface area contributed by atoms with Crippen LogP contribution in [0.2, 0.25) is 0 Å². The van der Waals surface area contributed by atoms with Crippen molar-refractivity contribution >= 4 is 11.6 Å². The van der Waals surface area contributed by atoms with Crippen molar-refractivity contribution in [1.29, 1.82) is 0 Å². The van der Waals surface area contributed by atoms with Gasteiger partial charge in [0.2, 0.25) is 5.91 Å². The van der Waals surface area contributed by atoms with Gasteiger partial charge in [0.25, 0.3) is 0 Å². The van der Waals surface area contributed by atoms with Crippen molar-refractivity contribution in [2.75, 3.05) is 18.5 Å². The van der Waals surface area contributed by atoms with Crippen molar-refractivity contribution in [3.05, 3.63) is 78.8 Å². The predicted molar refractivity (Wildman–Crippen MR) is 101 cm³/mol. The van der Waals surface area contributed by atoms with Crippen molar-refractivity contribution < 1.29 is 13.9 Å². The summed E-state index contributed by atoms with van der Waals surface area (Å²) in [7, 11) is 1.87. The molecule has 5 nitrogen and oxygen atoms in total. The molecule has 0 fully saturated rings. The Morgan fingerprint density at radius 2 is 1.81 bits per heavy atom. The Bertz CT molecular complexity index is 831. The largest absolute Gasteiger partial charge is 0.467 e. The molecule has 134 valence electrons. The molecule has 0 spiro atoms. The van der Waals surface area contributed by atoms with Gasteiger partial charge in [0, 0.05) is 7.05 Å². The fourth-order valence-corrected chi connectivity index (χ4v) is 2.67. The molecule has 1 unspecified atom stereocenters. The Balaban J connectivity index is 1.66. The number of carbonyl (C=O) groups excluding carboxylic acids is 1. The van der Waals surface area contributed by atoms with Crippen LogP contribution in [0.5, 0.6) is 11.5 Å². The first-order valence-electron chi connectivity index (χ1n) is 8.49. The van der Waals surface area contributed by atoms with Crippen molar-refractivity contribution in [3.63, 3.8) is 0 Å². The first-order valence-corrected chi connectivity index (χ1v) is 8.49. The van der Waals surface area contributed by atoms with E-state index >= 15 is 0 Å². The summed E-state index contributed by atoms with van der Waals surface area (Å²) in [6.45, 7) is 2.10. The molecule has 1 aromatic heterocycles. The number of hydrogen-bond acceptors (Lipinski definition) is 4. The SMILES string of the molecule is CC(NC(=O)CN(C)c1ccccc1Oc1ccccc1)c1ccco1. The number of likely N-dealkylation sites (N-methyl/N-ethyl adjacent to an activating group) is 1. The molecule has 1 N–H and O–H groups in total. The third-order valence-electron chi connectivity index (χ3n) is 3.98. The predicted octanol–water partition coefficient (Wildman–Crippen LogP) is 4.39. The topological polar surface area (TPSA) is 54.7 Å². The normalized spacial score (nSPS) is 11.6. The maximum absolute atomic E-state index is 12.4. The monoisotopic (exact) mass is 350 g/mol. The smallest absolute Gasteiger partial charge is 0.240 e. The first-order chi connectivity index (χ1) is 12.6. The van der Waals surface area contributed by atoms with Crippen LogP contribution in [0.1, 0.15) is 18.7 Å². The second-order valence-corrected chi connectivity index (χ2v) is 6.04. The zero-order chi connectivity index (χ0) is 18.4. The molecular formula is C21H22N2O3. The average Bonchev–Trinajstić information content (AvgIpc) is 3.18. The molecule has 0 aliphatic carbocycles. The van der Waals surface area contributed by atoms with Gasteiger partial charge in [-0.3, -0.25) is 4.79 Å². The zero-order valence-corrected chi connectivity index (χ0v) is 14.9. The third kappa shape index (κ3) is 4.45. The van der Waals surface area contributed by atoms with Crippen molar-refractivity contribution in [1.82, 2.24) is 5.32 Å². The van der Waals surface area contributed by atoms with Crippen molar-refractivity contribution in [3.8, 4) is 11.5 Å². The number of nitrogens with zero attached hydrogens (tertiary/aromatic N) is 1. The van der Waals surface area contributed by atoms with Gasteiger partial charge < -0.3 is 19.4 Å². The minimum atomic E-state index is -0.179. The molecule has 0 aliphatic heterocycles. The highest BCUT2D eigenvalue weighted by Crippen LogP contribution is 2.31. The Kier molecular flexibility index (Phi) is 5.59. The molecule has 26 heavy (non-hydrogen) atoms. The van der Waals surface area contributed by atoms with E-state index in [2.05, 4.69) is 5.32 Å². The summed E-state index contributed by atoms with van der Waals surface area (Å²) in [6, 6.07) is 20.7. The average molecular weight is 350 g/mol. The van der Waals surface area contributed by atoms with E-state index in [1.54, 1.807) is 12.3 Å². The molecule has 0 saturated carbocycles. The molecule has 1 heterocycles. The quantitative estimate of drug-likeness (QED) is 0.687. The summed E-state index contributed by atoms with van der Waals surface area (Å²) >= 11 is 0. The molecule has 3 aromatic rings. The van der Waals surface area contributed by atoms with Crippen LogP contribution >= 0.6 is 0 Å². The van der Waals surface area contributed by atoms with Crippen LogP contribution in [0.3, 0.4) is 0 Å². The standard InChI is InChI=1S/C21H22N2O3/c1-16(19-13-8-14-25-19)22-21(24)15-23(2)18-11-6-7-12-20(18)26-17-9-4-3-5-10-17/h3-14,16H,15H2,1-2H3,(H,22,24). The molecular weight excluding hydrogens is 328 g/mol. The van der Waals surface area contributed by atoms with E-state index in [1.165, 1.54) is 0 Å². The molecule has 0 radical (unpaired) electrons. The van der Waals surface area contributed by atoms with Gasteiger partial charge in [0.15, 0.2) is 5.75 Å². The van der Waals surface area contributed by atoms with Crippen molar-refractivity contribution in [2.24, 2.45) is 0 Å². The van der Waals surface area contributed by atoms with Gasteiger partial charge in [0.05, 0.1) is 24.5 Å². The third-order valence-corrected chi connectivity index (χ3v) is 3.98. The van der Waals surface area contributed by atoms with E-state index in [9.17, 15) is 4.79 Å². The van der Waals surface area contributed by atoms with Gasteiger partial charge >= 0.3 is 0 Å². The fraction of sp³-hybridized carbons (Fsp3) is 0.190. The number of benzene rings is 2. The number of anilines is 1. The number of carbonyl (C=O) groups is 1. The Labute approximate surface area is 153 Å². The number of rotatable bonds is 7. The van der Waals surface area contributed by atoms with Gasteiger partial charge in [0.1, 0.15) is 11.5 Å². The Morgan fingerprint density at radius 3 is 2.54 bits per heavy atom. The van der Waals surface area contributed by atoms with Gasteiger partial charge in [-0.1, -0.05) is 30.3 Å². The highest BCUT2D eigenvalue weighted by molar-refractivity contribution is 5.82. The molecule has 5 heteroatoms. The van der Waals surface area contributed by atoms with Crippen LogP contribution < -0.4 is 15.0 Å². The Morgan fingerprint density at radius 1 is 1.08 bits per heavy atom. The summed E-state index contributed by atoms with van der Waals surface area (Å²) in [4.78, 5) is 14.2. The Hall–Kier alpha value is -3.21. The molecule has 0 bridgehead atoms. The number of ether oxygens (including phenoxy) is 1. The van der Waals surface area contributed by atoms with E-state index in [-0.39, 0.29) is 18.5 Å². The summed E-state index contributed by atoms with van der Waals surface area (Å²) < 4.78 is 11.3. The van der Waals surface area contributed by atoms with Gasteiger partial charge in [-0.15, -0.1) is 0 Å². The lowest BCUT2D eigenvalue weighted by molar-refractivity contribution is -0.120. The number of hydrogen-bond donors (Lipinski definition) is 1. The van der Waals surface area contributed by atoms with Crippen LogP contribution in [-0.2, 0) is 4.79 Å². The van der Waals surface area contributed by atoms with Gasteiger partial charge in [-0.2, -0.15) is 0 Å². The van der Waals surface area contributed by atoms with Gasteiger partial charge in [-0.05, 0) is 43.3 Å². The van der Waals surface area contributed by atoms with E-state index in [4.69, 9.17) is 9.15 Å². The highest BCUT2D eigenvalue weighted by Gasteiger charge is 2.16. The van der Waals surface area contributed by atoms with Crippen molar-refractivity contribution in [2.45, 2.75) is 13.0 Å². The summed E-state index contributed by atoms with van der Waals surface area (Å²) in [5.74, 6) is 2.09. The maximum atomic E-state index is 12.4. The number of amides is 1. The minimum absolute atomic E-state index is 0.0917. The molecule has 1 atom stereocenters. The zero-order valence-electron chi connectivity index (χ0n) is 14.9. The van der Waals surface area contributed by atoms with Crippen LogP contribution in [0.15, 0.2) is 77.4 Å².